The minimum atomic E-state index is 0.639. The molecule has 1 rings (SSSR count). The zero-order chi connectivity index (χ0) is 10.2. The zero-order valence-electron chi connectivity index (χ0n) is 8.56. The fraction of sp³-hybridized carbons (Fsp3) is 0.600. The summed E-state index contributed by atoms with van der Waals surface area (Å²) in [6.45, 7) is 2.80. The number of hydrogen-bond acceptors (Lipinski definition) is 3. The summed E-state index contributed by atoms with van der Waals surface area (Å²) < 4.78 is 1.90. The van der Waals surface area contributed by atoms with Crippen LogP contribution in [-0.2, 0) is 6.54 Å². The Labute approximate surface area is 84.3 Å². The lowest BCUT2D eigenvalue weighted by atomic mass is 10.1. The Morgan fingerprint density at radius 1 is 1.50 bits per heavy atom. The smallest absolute Gasteiger partial charge is 0.0949 e. The van der Waals surface area contributed by atoms with Crippen molar-refractivity contribution >= 4 is 5.71 Å². The third-order valence-electron chi connectivity index (χ3n) is 2.13. The van der Waals surface area contributed by atoms with Gasteiger partial charge >= 0.3 is 0 Å². The van der Waals surface area contributed by atoms with Gasteiger partial charge in [-0.05, 0) is 12.8 Å². The Morgan fingerprint density at radius 2 is 2.36 bits per heavy atom. The zero-order valence-corrected chi connectivity index (χ0v) is 8.56. The van der Waals surface area contributed by atoms with Gasteiger partial charge in [0.05, 0.1) is 18.6 Å². The maximum atomic E-state index is 8.78. The number of unbranched alkanes of at least 4 members (excludes halogenated alkanes) is 2. The second-order valence-electron chi connectivity index (χ2n) is 3.36. The first-order valence-electron chi connectivity index (χ1n) is 5.02. The van der Waals surface area contributed by atoms with E-state index < -0.39 is 0 Å². The van der Waals surface area contributed by atoms with E-state index in [0.29, 0.717) is 6.54 Å². The molecule has 0 atom stereocenters. The van der Waals surface area contributed by atoms with Crippen molar-refractivity contribution in [3.8, 4) is 0 Å². The first-order valence-corrected chi connectivity index (χ1v) is 5.02. The minimum Gasteiger partial charge on any atom is -0.411 e. The van der Waals surface area contributed by atoms with E-state index in [1.165, 1.54) is 12.8 Å². The first kappa shape index (κ1) is 10.8. The Morgan fingerprint density at radius 3 is 2.93 bits per heavy atom. The number of nitrogens with zero attached hydrogens (tertiary/aromatic N) is 3. The molecule has 1 heterocycles. The molecule has 1 aromatic heterocycles. The molecule has 0 unspecified atom stereocenters. The number of rotatable bonds is 6. The third kappa shape index (κ3) is 3.60. The lowest BCUT2D eigenvalue weighted by Crippen LogP contribution is -2.08. The van der Waals surface area contributed by atoms with E-state index in [9.17, 15) is 0 Å². The van der Waals surface area contributed by atoms with Crippen molar-refractivity contribution in [2.75, 3.05) is 0 Å². The molecule has 78 valence electrons. The summed E-state index contributed by atoms with van der Waals surface area (Å²) in [5.41, 5.74) is 0.816. The highest BCUT2D eigenvalue weighted by molar-refractivity contribution is 5.83. The van der Waals surface area contributed by atoms with Crippen molar-refractivity contribution in [1.29, 1.82) is 0 Å². The Bertz CT molecular complexity index is 267. The van der Waals surface area contributed by atoms with Gasteiger partial charge in [-0.25, -0.2) is 4.98 Å². The number of oxime groups is 1. The van der Waals surface area contributed by atoms with Gasteiger partial charge in [0.2, 0.25) is 0 Å². The van der Waals surface area contributed by atoms with Gasteiger partial charge in [0.25, 0.3) is 0 Å². The van der Waals surface area contributed by atoms with Crippen molar-refractivity contribution in [3.63, 3.8) is 0 Å². The second kappa shape index (κ2) is 6.18. The van der Waals surface area contributed by atoms with Gasteiger partial charge in [0.15, 0.2) is 0 Å². The third-order valence-corrected chi connectivity index (χ3v) is 2.13. The van der Waals surface area contributed by atoms with Crippen LogP contribution >= 0.6 is 0 Å². The molecule has 4 heteroatoms. The molecule has 0 bridgehead atoms. The number of imidazole rings is 1. The van der Waals surface area contributed by atoms with Crippen molar-refractivity contribution in [1.82, 2.24) is 9.55 Å². The van der Waals surface area contributed by atoms with Crippen LogP contribution in [0.4, 0.5) is 0 Å². The van der Waals surface area contributed by atoms with Crippen LogP contribution in [0.25, 0.3) is 0 Å². The summed E-state index contributed by atoms with van der Waals surface area (Å²) in [5, 5.41) is 12.1. The summed E-state index contributed by atoms with van der Waals surface area (Å²) >= 11 is 0. The Hall–Kier alpha value is -1.32. The van der Waals surface area contributed by atoms with Gasteiger partial charge < -0.3 is 9.77 Å². The molecular formula is C10H17N3O. The van der Waals surface area contributed by atoms with E-state index in [0.717, 1.165) is 18.6 Å². The van der Waals surface area contributed by atoms with Gasteiger partial charge in [-0.2, -0.15) is 0 Å². The molecule has 4 nitrogen and oxygen atoms in total. The quantitative estimate of drug-likeness (QED) is 0.328. The molecule has 0 aliphatic rings. The molecule has 0 radical (unpaired) electrons. The molecule has 0 aliphatic carbocycles. The van der Waals surface area contributed by atoms with Gasteiger partial charge in [-0.3, -0.25) is 0 Å². The average molecular weight is 195 g/mol. The molecule has 0 fully saturated rings. The summed E-state index contributed by atoms with van der Waals surface area (Å²) in [5.74, 6) is 0. The van der Waals surface area contributed by atoms with Crippen LogP contribution in [0.15, 0.2) is 23.9 Å². The maximum Gasteiger partial charge on any atom is 0.0949 e. The highest BCUT2D eigenvalue weighted by Gasteiger charge is 2.00. The van der Waals surface area contributed by atoms with E-state index in [1.807, 2.05) is 10.8 Å². The van der Waals surface area contributed by atoms with E-state index in [2.05, 4.69) is 17.1 Å². The second-order valence-corrected chi connectivity index (χ2v) is 3.36. The summed E-state index contributed by atoms with van der Waals surface area (Å²) in [4.78, 5) is 3.93. The highest BCUT2D eigenvalue weighted by atomic mass is 16.4. The normalized spacial score (nSPS) is 11.9. The molecule has 0 aromatic carbocycles. The maximum absolute atomic E-state index is 8.78. The topological polar surface area (TPSA) is 50.4 Å². The lowest BCUT2D eigenvalue weighted by molar-refractivity contribution is 0.315. The van der Waals surface area contributed by atoms with Crippen molar-refractivity contribution in [2.45, 2.75) is 39.2 Å². The standard InChI is InChI=1S/C10H17N3O/c1-2-3-4-5-10(12-14)8-13-7-6-11-9-13/h6-7,9,14H,2-5,8H2,1H3. The number of aromatic nitrogens is 2. The van der Waals surface area contributed by atoms with E-state index >= 15 is 0 Å². The fourth-order valence-electron chi connectivity index (χ4n) is 1.33. The van der Waals surface area contributed by atoms with Gasteiger partial charge in [0.1, 0.15) is 0 Å². The first-order chi connectivity index (χ1) is 6.86. The highest BCUT2D eigenvalue weighted by Crippen LogP contribution is 2.02. The van der Waals surface area contributed by atoms with Crippen molar-refractivity contribution in [2.24, 2.45) is 5.16 Å². The molecule has 0 amide bonds. The molecule has 0 aliphatic heterocycles. The van der Waals surface area contributed by atoms with Crippen LogP contribution in [0.5, 0.6) is 0 Å². The average Bonchev–Trinajstić information content (AvgIpc) is 2.69. The minimum absolute atomic E-state index is 0.639. The summed E-state index contributed by atoms with van der Waals surface area (Å²) in [6.07, 6.45) is 9.64. The van der Waals surface area contributed by atoms with Crippen molar-refractivity contribution in [3.05, 3.63) is 18.7 Å². The predicted octanol–water partition coefficient (Wildman–Crippen LogP) is 2.29. The molecule has 1 N–H and O–H groups in total. The molecule has 0 spiro atoms. The van der Waals surface area contributed by atoms with Crippen LogP contribution < -0.4 is 0 Å². The Balaban J connectivity index is 2.33. The Kier molecular flexibility index (Phi) is 4.75. The van der Waals surface area contributed by atoms with Gasteiger partial charge in [0, 0.05) is 12.4 Å². The largest absolute Gasteiger partial charge is 0.411 e. The van der Waals surface area contributed by atoms with E-state index in [-0.39, 0.29) is 0 Å². The van der Waals surface area contributed by atoms with Crippen molar-refractivity contribution < 1.29 is 5.21 Å². The van der Waals surface area contributed by atoms with E-state index in [1.54, 1.807) is 12.5 Å². The van der Waals surface area contributed by atoms with Crippen LogP contribution in [0.1, 0.15) is 32.6 Å². The lowest BCUT2D eigenvalue weighted by Gasteiger charge is -2.04. The molecule has 0 saturated carbocycles. The summed E-state index contributed by atoms with van der Waals surface area (Å²) in [7, 11) is 0. The van der Waals surface area contributed by atoms with Crippen LogP contribution in [0.3, 0.4) is 0 Å². The SMILES string of the molecule is CCCCCC(Cn1ccnc1)=NO. The van der Waals surface area contributed by atoms with Gasteiger partial charge in [-0.15, -0.1) is 0 Å². The molecule has 0 saturated heterocycles. The fourth-order valence-corrected chi connectivity index (χ4v) is 1.33. The number of hydrogen-bond donors (Lipinski definition) is 1. The van der Waals surface area contributed by atoms with Crippen LogP contribution in [-0.4, -0.2) is 20.5 Å². The predicted molar refractivity (Wildman–Crippen MR) is 55.6 cm³/mol. The summed E-state index contributed by atoms with van der Waals surface area (Å²) in [6, 6.07) is 0. The molecular weight excluding hydrogens is 178 g/mol. The van der Waals surface area contributed by atoms with E-state index in [4.69, 9.17) is 5.21 Å². The van der Waals surface area contributed by atoms with Crippen LogP contribution in [0.2, 0.25) is 0 Å². The molecule has 1 aromatic rings. The van der Waals surface area contributed by atoms with Gasteiger partial charge in [-0.1, -0.05) is 24.9 Å². The molecule has 14 heavy (non-hydrogen) atoms. The van der Waals surface area contributed by atoms with Crippen LogP contribution in [0, 0.1) is 0 Å². The monoisotopic (exact) mass is 195 g/mol.